The number of hydrogen-bond donors (Lipinski definition) is 2. The van der Waals surface area contributed by atoms with E-state index < -0.39 is 12.0 Å². The summed E-state index contributed by atoms with van der Waals surface area (Å²) in [5, 5.41) is 20.1. The van der Waals surface area contributed by atoms with Crippen molar-refractivity contribution in [3.05, 3.63) is 28.2 Å². The summed E-state index contributed by atoms with van der Waals surface area (Å²) in [6.07, 6.45) is 0. The van der Waals surface area contributed by atoms with E-state index in [0.29, 0.717) is 10.0 Å². The molecule has 1 aromatic carbocycles. The van der Waals surface area contributed by atoms with Gasteiger partial charge in [-0.1, -0.05) is 0 Å². The summed E-state index contributed by atoms with van der Waals surface area (Å²) in [4.78, 5) is 22.6. The first kappa shape index (κ1) is 15.5. The minimum atomic E-state index is -1.07. The Hall–Kier alpha value is -1.52. The minimum Gasteiger partial charge on any atom is -0.480 e. The topological polar surface area (TPSA) is 90.2 Å². The first-order valence-corrected chi connectivity index (χ1v) is 7.04. The zero-order valence-electron chi connectivity index (χ0n) is 10.0. The van der Waals surface area contributed by atoms with Crippen LogP contribution in [0, 0.1) is 11.3 Å². The highest BCUT2D eigenvalue weighted by Gasteiger charge is 2.18. The van der Waals surface area contributed by atoms with E-state index in [1.807, 2.05) is 6.07 Å². The predicted octanol–water partition coefficient (Wildman–Crippen LogP) is 2.00. The lowest BCUT2D eigenvalue weighted by Gasteiger charge is -2.12. The van der Waals surface area contributed by atoms with Gasteiger partial charge < -0.3 is 10.4 Å². The fourth-order valence-electron chi connectivity index (χ4n) is 1.28. The molecule has 0 heterocycles. The number of hydrogen-bond acceptors (Lipinski definition) is 4. The van der Waals surface area contributed by atoms with Gasteiger partial charge in [-0.05, 0) is 34.1 Å². The number of nitrogens with zero attached hydrogens (tertiary/aromatic N) is 1. The van der Waals surface area contributed by atoms with Gasteiger partial charge in [-0.25, -0.2) is 4.79 Å². The van der Waals surface area contributed by atoms with Gasteiger partial charge in [0.25, 0.3) is 0 Å². The molecule has 100 valence electrons. The third-order valence-electron chi connectivity index (χ3n) is 2.15. The smallest absolute Gasteiger partial charge is 0.327 e. The van der Waals surface area contributed by atoms with Gasteiger partial charge in [0.2, 0.25) is 5.91 Å². The fraction of sp³-hybridized carbons (Fsp3) is 0.250. The molecule has 0 saturated carbocycles. The number of nitrogens with one attached hydrogen (secondary N) is 1. The van der Waals surface area contributed by atoms with E-state index in [1.165, 1.54) is 18.7 Å². The van der Waals surface area contributed by atoms with Crippen LogP contribution in [-0.4, -0.2) is 28.8 Å². The molecule has 0 spiro atoms. The van der Waals surface area contributed by atoms with Crippen molar-refractivity contribution in [2.75, 3.05) is 5.75 Å². The summed E-state index contributed by atoms with van der Waals surface area (Å²) in [5.41, 5.74) is 0.515. The highest BCUT2D eigenvalue weighted by atomic mass is 79.9. The van der Waals surface area contributed by atoms with Crippen LogP contribution in [0.2, 0.25) is 0 Å². The van der Waals surface area contributed by atoms with Crippen molar-refractivity contribution in [3.63, 3.8) is 0 Å². The molecule has 1 rings (SSSR count). The average molecular weight is 343 g/mol. The lowest BCUT2D eigenvalue weighted by molar-refractivity contribution is -0.140. The Morgan fingerprint density at radius 2 is 2.26 bits per heavy atom. The van der Waals surface area contributed by atoms with Crippen LogP contribution in [0.5, 0.6) is 0 Å². The van der Waals surface area contributed by atoms with Gasteiger partial charge in [0.1, 0.15) is 12.1 Å². The van der Waals surface area contributed by atoms with Gasteiger partial charge >= 0.3 is 5.97 Å². The molecule has 5 nitrogen and oxygen atoms in total. The molecule has 0 aliphatic carbocycles. The van der Waals surface area contributed by atoms with Crippen LogP contribution in [0.15, 0.2) is 27.6 Å². The van der Waals surface area contributed by atoms with Gasteiger partial charge in [-0.3, -0.25) is 4.79 Å². The maximum absolute atomic E-state index is 10.9. The van der Waals surface area contributed by atoms with Crippen LogP contribution in [0.25, 0.3) is 0 Å². The average Bonchev–Trinajstić information content (AvgIpc) is 2.34. The van der Waals surface area contributed by atoms with Crippen molar-refractivity contribution < 1.29 is 14.7 Å². The van der Waals surface area contributed by atoms with E-state index >= 15 is 0 Å². The van der Waals surface area contributed by atoms with E-state index in [1.54, 1.807) is 18.2 Å². The Balaban J connectivity index is 2.69. The highest BCUT2D eigenvalue weighted by molar-refractivity contribution is 9.10. The molecular weight excluding hydrogens is 332 g/mol. The van der Waals surface area contributed by atoms with Crippen molar-refractivity contribution in [2.45, 2.75) is 17.9 Å². The molecule has 0 radical (unpaired) electrons. The lowest BCUT2D eigenvalue weighted by Crippen LogP contribution is -2.41. The van der Waals surface area contributed by atoms with E-state index in [9.17, 15) is 9.59 Å². The molecule has 2 N–H and O–H groups in total. The Morgan fingerprint density at radius 1 is 1.58 bits per heavy atom. The van der Waals surface area contributed by atoms with Crippen LogP contribution in [0.3, 0.4) is 0 Å². The Kier molecular flexibility index (Phi) is 5.86. The van der Waals surface area contributed by atoms with E-state index in [2.05, 4.69) is 21.2 Å². The zero-order chi connectivity index (χ0) is 14.4. The largest absolute Gasteiger partial charge is 0.480 e. The summed E-state index contributed by atoms with van der Waals surface area (Å²) in [6.45, 7) is 1.28. The summed E-state index contributed by atoms with van der Waals surface area (Å²) < 4.78 is 0.659. The van der Waals surface area contributed by atoms with Crippen LogP contribution >= 0.6 is 27.7 Å². The van der Waals surface area contributed by atoms with Crippen LogP contribution in [0.4, 0.5) is 0 Å². The van der Waals surface area contributed by atoms with Crippen LogP contribution in [-0.2, 0) is 9.59 Å². The van der Waals surface area contributed by atoms with Gasteiger partial charge in [-0.2, -0.15) is 5.26 Å². The number of benzene rings is 1. The quantitative estimate of drug-likeness (QED) is 0.798. The van der Waals surface area contributed by atoms with Gasteiger partial charge in [0.15, 0.2) is 0 Å². The van der Waals surface area contributed by atoms with Crippen molar-refractivity contribution in [1.82, 2.24) is 5.32 Å². The zero-order valence-corrected chi connectivity index (χ0v) is 12.4. The molecule has 0 unspecified atom stereocenters. The third kappa shape index (κ3) is 4.93. The minimum absolute atomic E-state index is 0.216. The maximum Gasteiger partial charge on any atom is 0.327 e. The number of nitriles is 1. The first-order chi connectivity index (χ1) is 8.93. The maximum atomic E-state index is 10.9. The molecule has 7 heteroatoms. The van der Waals surface area contributed by atoms with Gasteiger partial charge in [0.05, 0.1) is 5.56 Å². The number of carbonyl (C=O) groups excluding carboxylic acids is 1. The molecule has 0 aromatic heterocycles. The first-order valence-electron chi connectivity index (χ1n) is 5.26. The van der Waals surface area contributed by atoms with Gasteiger partial charge in [0, 0.05) is 22.0 Å². The molecule has 0 aliphatic rings. The second-order valence-corrected chi connectivity index (χ2v) is 5.60. The summed E-state index contributed by atoms with van der Waals surface area (Å²) >= 11 is 4.56. The van der Waals surface area contributed by atoms with Crippen molar-refractivity contribution in [2.24, 2.45) is 0 Å². The van der Waals surface area contributed by atoms with Crippen LogP contribution in [0.1, 0.15) is 12.5 Å². The third-order valence-corrected chi connectivity index (χ3v) is 3.90. The van der Waals surface area contributed by atoms with Crippen molar-refractivity contribution in [3.8, 4) is 6.07 Å². The molecule has 0 fully saturated rings. The Morgan fingerprint density at radius 3 is 2.74 bits per heavy atom. The molecule has 1 atom stereocenters. The Bertz CT molecular complexity index is 542. The number of halogens is 1. The number of rotatable bonds is 5. The molecule has 1 aromatic rings. The van der Waals surface area contributed by atoms with Crippen molar-refractivity contribution >= 4 is 39.6 Å². The Labute approximate surface area is 123 Å². The van der Waals surface area contributed by atoms with Crippen LogP contribution < -0.4 is 5.32 Å². The van der Waals surface area contributed by atoms with E-state index in [-0.39, 0.29) is 11.7 Å². The molecule has 0 saturated heterocycles. The fourth-order valence-corrected chi connectivity index (χ4v) is 2.85. The van der Waals surface area contributed by atoms with Gasteiger partial charge in [-0.15, -0.1) is 11.8 Å². The summed E-state index contributed by atoms with van der Waals surface area (Å²) in [7, 11) is 0. The van der Waals surface area contributed by atoms with Crippen molar-refractivity contribution in [1.29, 1.82) is 5.26 Å². The second kappa shape index (κ2) is 7.16. The number of carboxylic acid groups (broad SMARTS) is 1. The molecular formula is C12H11BrN2O3S. The lowest BCUT2D eigenvalue weighted by atomic mass is 10.2. The standard InChI is InChI=1S/C12H11BrN2O3S/c1-7(16)15-11(12(17)18)6-19-9-3-2-8(5-14)10(13)4-9/h2-4,11H,6H2,1H3,(H,15,16)(H,17,18)/t11-/m0/s1. The number of amides is 1. The normalized spacial score (nSPS) is 11.4. The molecule has 1 amide bonds. The monoisotopic (exact) mass is 342 g/mol. The number of carbonyl (C=O) groups is 2. The number of thioether (sulfide) groups is 1. The predicted molar refractivity (Wildman–Crippen MR) is 74.8 cm³/mol. The molecule has 0 aliphatic heterocycles. The second-order valence-electron chi connectivity index (χ2n) is 3.66. The number of carboxylic acids is 1. The molecule has 0 bridgehead atoms. The van der Waals surface area contributed by atoms with E-state index in [4.69, 9.17) is 10.4 Å². The molecule has 19 heavy (non-hydrogen) atoms. The van der Waals surface area contributed by atoms with E-state index in [0.717, 1.165) is 4.90 Å². The summed E-state index contributed by atoms with van der Waals surface area (Å²) in [5.74, 6) is -1.24. The highest BCUT2D eigenvalue weighted by Crippen LogP contribution is 2.25. The summed E-state index contributed by atoms with van der Waals surface area (Å²) in [6, 6.07) is 6.23. The SMILES string of the molecule is CC(=O)N[C@@H](CSc1ccc(C#N)c(Br)c1)C(=O)O. The number of aliphatic carboxylic acids is 1.